The fourth-order valence-corrected chi connectivity index (χ4v) is 2.77. The number of hydrogen-bond acceptors (Lipinski definition) is 5. The topological polar surface area (TPSA) is 53.1 Å². The molecule has 25 heavy (non-hydrogen) atoms. The Labute approximate surface area is 156 Å². The van der Waals surface area contributed by atoms with Crippen LogP contribution in [0.1, 0.15) is 5.69 Å². The van der Waals surface area contributed by atoms with Gasteiger partial charge in [0.2, 0.25) is 5.95 Å². The molecule has 0 aliphatic carbocycles. The highest BCUT2D eigenvalue weighted by atomic mass is 79.9. The first-order valence-electron chi connectivity index (χ1n) is 7.92. The quantitative estimate of drug-likeness (QED) is 0.626. The summed E-state index contributed by atoms with van der Waals surface area (Å²) in [5, 5.41) is 6.57. The third kappa shape index (κ3) is 4.70. The molecule has 3 aromatic rings. The Balaban J connectivity index is 1.79. The number of nitrogens with one attached hydrogen (secondary N) is 2. The summed E-state index contributed by atoms with van der Waals surface area (Å²) < 4.78 is 1.02. The van der Waals surface area contributed by atoms with Crippen LogP contribution >= 0.6 is 15.9 Å². The van der Waals surface area contributed by atoms with Gasteiger partial charge in [-0.2, -0.15) is 4.98 Å². The number of aryl methyl sites for hydroxylation is 1. The van der Waals surface area contributed by atoms with Crippen LogP contribution in [0.3, 0.4) is 0 Å². The number of aromatic nitrogens is 2. The molecule has 0 unspecified atom stereocenters. The fraction of sp³-hybridized carbons (Fsp3) is 0.158. The minimum absolute atomic E-state index is 0.565. The van der Waals surface area contributed by atoms with Crippen LogP contribution in [-0.4, -0.2) is 24.1 Å². The van der Waals surface area contributed by atoms with Crippen molar-refractivity contribution in [1.82, 2.24) is 9.97 Å². The van der Waals surface area contributed by atoms with Crippen LogP contribution < -0.4 is 15.5 Å². The molecule has 0 aliphatic rings. The molecule has 0 radical (unpaired) electrons. The van der Waals surface area contributed by atoms with Crippen LogP contribution in [0.5, 0.6) is 0 Å². The highest BCUT2D eigenvalue weighted by Gasteiger charge is 2.04. The maximum atomic E-state index is 4.55. The highest BCUT2D eigenvalue weighted by molar-refractivity contribution is 9.10. The molecular weight excluding hydrogens is 378 g/mol. The zero-order valence-electron chi connectivity index (χ0n) is 14.4. The first kappa shape index (κ1) is 17.2. The summed E-state index contributed by atoms with van der Waals surface area (Å²) in [6.45, 7) is 1.95. The second-order valence-corrected chi connectivity index (χ2v) is 6.84. The lowest BCUT2D eigenvalue weighted by atomic mass is 10.2. The molecule has 0 amide bonds. The summed E-state index contributed by atoms with van der Waals surface area (Å²) in [4.78, 5) is 11.1. The van der Waals surface area contributed by atoms with Crippen molar-refractivity contribution in [3.63, 3.8) is 0 Å². The maximum absolute atomic E-state index is 4.55. The van der Waals surface area contributed by atoms with E-state index in [9.17, 15) is 0 Å². The predicted octanol–water partition coefficient (Wildman–Crippen LogP) is 5.10. The SMILES string of the molecule is Cc1cc(Nc2cccc(Br)c2)nc(Nc2ccc(N(C)C)cc2)n1. The smallest absolute Gasteiger partial charge is 0.229 e. The molecule has 128 valence electrons. The van der Waals surface area contributed by atoms with Gasteiger partial charge in [-0.15, -0.1) is 0 Å². The maximum Gasteiger partial charge on any atom is 0.229 e. The van der Waals surface area contributed by atoms with E-state index in [-0.39, 0.29) is 0 Å². The van der Waals surface area contributed by atoms with Crippen LogP contribution in [0, 0.1) is 6.92 Å². The van der Waals surface area contributed by atoms with Crippen molar-refractivity contribution < 1.29 is 0 Å². The standard InChI is InChI=1S/C19H20BrN5/c1-13-11-18(22-16-6-4-5-14(20)12-16)24-19(21-13)23-15-7-9-17(10-8-15)25(2)3/h4-12H,1-3H3,(H2,21,22,23,24). The molecule has 2 aromatic carbocycles. The van der Waals surface area contributed by atoms with E-state index in [4.69, 9.17) is 0 Å². The lowest BCUT2D eigenvalue weighted by Crippen LogP contribution is -2.08. The average Bonchev–Trinajstić information content (AvgIpc) is 2.54. The van der Waals surface area contributed by atoms with Crippen LogP contribution in [-0.2, 0) is 0 Å². The zero-order valence-corrected chi connectivity index (χ0v) is 16.0. The number of hydrogen-bond donors (Lipinski definition) is 2. The average molecular weight is 398 g/mol. The molecule has 6 heteroatoms. The summed E-state index contributed by atoms with van der Waals surface area (Å²) in [6.07, 6.45) is 0. The van der Waals surface area contributed by atoms with Gasteiger partial charge in [0.05, 0.1) is 0 Å². The molecule has 0 saturated heterocycles. The molecule has 1 aromatic heterocycles. The lowest BCUT2D eigenvalue weighted by molar-refractivity contribution is 1.10. The molecule has 0 spiro atoms. The Kier molecular flexibility index (Phi) is 5.19. The van der Waals surface area contributed by atoms with Gasteiger partial charge in [-0.3, -0.25) is 0 Å². The van der Waals surface area contributed by atoms with Gasteiger partial charge in [0, 0.05) is 47.4 Å². The van der Waals surface area contributed by atoms with Gasteiger partial charge in [0.25, 0.3) is 0 Å². The van der Waals surface area contributed by atoms with E-state index < -0.39 is 0 Å². The molecule has 0 aliphatic heterocycles. The normalized spacial score (nSPS) is 10.4. The van der Waals surface area contributed by atoms with Crippen molar-refractivity contribution in [2.24, 2.45) is 0 Å². The number of rotatable bonds is 5. The molecule has 0 atom stereocenters. The third-order valence-electron chi connectivity index (χ3n) is 3.59. The summed E-state index contributed by atoms with van der Waals surface area (Å²) in [6, 6.07) is 18.0. The second kappa shape index (κ2) is 7.53. The zero-order chi connectivity index (χ0) is 17.8. The van der Waals surface area contributed by atoms with E-state index >= 15 is 0 Å². The number of benzene rings is 2. The van der Waals surface area contributed by atoms with Crippen molar-refractivity contribution >= 4 is 44.8 Å². The number of halogens is 1. The largest absolute Gasteiger partial charge is 0.378 e. The van der Waals surface area contributed by atoms with E-state index in [0.29, 0.717) is 5.95 Å². The van der Waals surface area contributed by atoms with Gasteiger partial charge >= 0.3 is 0 Å². The van der Waals surface area contributed by atoms with Gasteiger partial charge in [-0.05, 0) is 49.4 Å². The molecule has 3 rings (SSSR count). The van der Waals surface area contributed by atoms with E-state index in [1.54, 1.807) is 0 Å². The van der Waals surface area contributed by atoms with Crippen molar-refractivity contribution in [1.29, 1.82) is 0 Å². The minimum Gasteiger partial charge on any atom is -0.378 e. The number of anilines is 5. The van der Waals surface area contributed by atoms with E-state index in [1.165, 1.54) is 0 Å². The van der Waals surface area contributed by atoms with Crippen LogP contribution in [0.25, 0.3) is 0 Å². The Bertz CT molecular complexity index is 862. The summed E-state index contributed by atoms with van der Waals surface area (Å²) in [7, 11) is 4.04. The summed E-state index contributed by atoms with van der Waals surface area (Å²) >= 11 is 3.48. The Morgan fingerprint density at radius 2 is 1.64 bits per heavy atom. The molecule has 5 nitrogen and oxygen atoms in total. The molecule has 0 saturated carbocycles. The van der Waals surface area contributed by atoms with Gasteiger partial charge in [-0.25, -0.2) is 4.98 Å². The Hall–Kier alpha value is -2.60. The molecule has 0 bridgehead atoms. The summed E-state index contributed by atoms with van der Waals surface area (Å²) in [5.74, 6) is 1.31. The van der Waals surface area contributed by atoms with Gasteiger partial charge < -0.3 is 15.5 Å². The highest BCUT2D eigenvalue weighted by Crippen LogP contribution is 2.22. The van der Waals surface area contributed by atoms with Crippen LogP contribution in [0.2, 0.25) is 0 Å². The van der Waals surface area contributed by atoms with E-state index in [0.717, 1.165) is 33.0 Å². The molecular formula is C19H20BrN5. The Morgan fingerprint density at radius 1 is 0.880 bits per heavy atom. The van der Waals surface area contributed by atoms with E-state index in [1.807, 2.05) is 63.5 Å². The van der Waals surface area contributed by atoms with Gasteiger partial charge in [-0.1, -0.05) is 22.0 Å². The predicted molar refractivity (Wildman–Crippen MR) is 108 cm³/mol. The molecule has 2 N–H and O–H groups in total. The Morgan fingerprint density at radius 3 is 2.32 bits per heavy atom. The van der Waals surface area contributed by atoms with Crippen molar-refractivity contribution in [3.8, 4) is 0 Å². The minimum atomic E-state index is 0.565. The fourth-order valence-electron chi connectivity index (χ4n) is 2.37. The van der Waals surface area contributed by atoms with Crippen LogP contribution in [0.15, 0.2) is 59.1 Å². The van der Waals surface area contributed by atoms with Gasteiger partial charge in [0.15, 0.2) is 0 Å². The molecule has 1 heterocycles. The summed E-state index contributed by atoms with van der Waals surface area (Å²) in [5.41, 5.74) is 3.95. The monoisotopic (exact) mass is 397 g/mol. The first-order chi connectivity index (χ1) is 12.0. The number of nitrogens with zero attached hydrogens (tertiary/aromatic N) is 3. The van der Waals surface area contributed by atoms with Crippen molar-refractivity contribution in [2.75, 3.05) is 29.6 Å². The first-order valence-corrected chi connectivity index (χ1v) is 8.71. The van der Waals surface area contributed by atoms with Gasteiger partial charge in [0.1, 0.15) is 5.82 Å². The molecule has 0 fully saturated rings. The van der Waals surface area contributed by atoms with Crippen molar-refractivity contribution in [3.05, 3.63) is 64.8 Å². The lowest BCUT2D eigenvalue weighted by Gasteiger charge is -2.13. The second-order valence-electron chi connectivity index (χ2n) is 5.92. The third-order valence-corrected chi connectivity index (χ3v) is 4.08. The van der Waals surface area contributed by atoms with Crippen LogP contribution in [0.4, 0.5) is 28.8 Å². The van der Waals surface area contributed by atoms with Crippen molar-refractivity contribution in [2.45, 2.75) is 6.92 Å². The van der Waals surface area contributed by atoms with E-state index in [2.05, 4.69) is 53.6 Å².